The van der Waals surface area contributed by atoms with Gasteiger partial charge < -0.3 is 5.32 Å². The van der Waals surface area contributed by atoms with Crippen LogP contribution < -0.4 is 5.32 Å². The summed E-state index contributed by atoms with van der Waals surface area (Å²) in [5.41, 5.74) is 0. The molecular weight excluding hydrogens is 168 g/mol. The number of halogens is 1. The van der Waals surface area contributed by atoms with Gasteiger partial charge >= 0.3 is 0 Å². The Balaban J connectivity index is 2.28. The topological polar surface area (TPSA) is 15.3 Å². The number of hydrogen-bond donors (Lipinski definition) is 1. The molecule has 0 amide bonds. The lowest BCUT2D eigenvalue weighted by Gasteiger charge is -2.28. The van der Waals surface area contributed by atoms with Crippen molar-refractivity contribution in [1.82, 2.24) is 10.2 Å². The minimum atomic E-state index is 0.538. The summed E-state index contributed by atoms with van der Waals surface area (Å²) in [6, 6.07) is 0. The van der Waals surface area contributed by atoms with Crippen LogP contribution in [0.3, 0.4) is 0 Å². The minimum absolute atomic E-state index is 0.538. The monoisotopic (exact) mass is 178 g/mol. The highest BCUT2D eigenvalue weighted by Gasteiger charge is 2.13. The predicted octanol–water partition coefficient (Wildman–Crippen LogP) is 0.242. The van der Waals surface area contributed by atoms with Gasteiger partial charge in [0.15, 0.2) is 0 Å². The fourth-order valence-electron chi connectivity index (χ4n) is 0.772. The Morgan fingerprint density at radius 3 is 2.88 bits per heavy atom. The van der Waals surface area contributed by atoms with Crippen LogP contribution in [0.4, 0.5) is 0 Å². The lowest BCUT2D eigenvalue weighted by Crippen LogP contribution is -2.45. The molecule has 1 N–H and O–H groups in total. The third-order valence-electron chi connectivity index (χ3n) is 1.43. The van der Waals surface area contributed by atoms with Crippen LogP contribution in [0, 0.1) is 0 Å². The number of alkyl halides is 1. The second-order valence-corrected chi connectivity index (χ2v) is 3.18. The zero-order valence-electron chi connectivity index (χ0n) is 5.02. The number of nitrogens with zero attached hydrogens (tertiary/aromatic N) is 1. The number of piperazine rings is 1. The molecule has 1 heterocycles. The first-order valence-corrected chi connectivity index (χ1v) is 3.77. The summed E-state index contributed by atoms with van der Waals surface area (Å²) in [6.07, 6.45) is 0. The van der Waals surface area contributed by atoms with Crippen molar-refractivity contribution in [2.45, 2.75) is 4.95 Å². The van der Waals surface area contributed by atoms with Gasteiger partial charge in [-0.15, -0.1) is 0 Å². The maximum Gasteiger partial charge on any atom is 0.0779 e. The van der Waals surface area contributed by atoms with Gasteiger partial charge in [-0.3, -0.25) is 4.90 Å². The Kier molecular flexibility index (Phi) is 2.28. The third kappa shape index (κ3) is 1.44. The van der Waals surface area contributed by atoms with Crippen molar-refractivity contribution in [3.63, 3.8) is 0 Å². The Hall–Kier alpha value is 0.400. The van der Waals surface area contributed by atoms with Crippen LogP contribution in [-0.4, -0.2) is 36.5 Å². The van der Waals surface area contributed by atoms with E-state index in [9.17, 15) is 0 Å². The standard InChI is InChI=1S/C5H11BrN2/c1-8-3-2-7-4-5(8)6/h5,7H,2-4H2,1H3. The fraction of sp³-hybridized carbons (Fsp3) is 1.00. The first-order valence-electron chi connectivity index (χ1n) is 2.86. The molecule has 0 bridgehead atoms. The van der Waals surface area contributed by atoms with Gasteiger partial charge in [0.1, 0.15) is 0 Å². The molecule has 1 fully saturated rings. The summed E-state index contributed by atoms with van der Waals surface area (Å²) in [5.74, 6) is 0. The summed E-state index contributed by atoms with van der Waals surface area (Å²) in [5, 5.41) is 3.28. The molecule has 0 radical (unpaired) electrons. The van der Waals surface area contributed by atoms with Crippen LogP contribution in [0.15, 0.2) is 0 Å². The normalized spacial score (nSPS) is 33.0. The number of hydrogen-bond acceptors (Lipinski definition) is 2. The average molecular weight is 179 g/mol. The molecule has 8 heavy (non-hydrogen) atoms. The van der Waals surface area contributed by atoms with Crippen molar-refractivity contribution in [2.24, 2.45) is 0 Å². The van der Waals surface area contributed by atoms with Gasteiger partial charge in [0.05, 0.1) is 4.95 Å². The van der Waals surface area contributed by atoms with E-state index in [2.05, 4.69) is 33.2 Å². The van der Waals surface area contributed by atoms with E-state index in [0.717, 1.165) is 19.6 Å². The van der Waals surface area contributed by atoms with Gasteiger partial charge in [0.25, 0.3) is 0 Å². The van der Waals surface area contributed by atoms with Crippen molar-refractivity contribution in [2.75, 3.05) is 26.7 Å². The lowest BCUT2D eigenvalue weighted by atomic mass is 10.4. The van der Waals surface area contributed by atoms with Gasteiger partial charge in [-0.1, -0.05) is 15.9 Å². The van der Waals surface area contributed by atoms with Crippen molar-refractivity contribution < 1.29 is 0 Å². The first kappa shape index (κ1) is 6.52. The fourth-order valence-corrected chi connectivity index (χ4v) is 1.21. The molecule has 48 valence electrons. The van der Waals surface area contributed by atoms with Crippen LogP contribution in [0.1, 0.15) is 0 Å². The molecule has 1 aliphatic rings. The maximum absolute atomic E-state index is 3.52. The number of rotatable bonds is 0. The second-order valence-electron chi connectivity index (χ2n) is 2.12. The van der Waals surface area contributed by atoms with Crippen molar-refractivity contribution in [3.05, 3.63) is 0 Å². The predicted molar refractivity (Wildman–Crippen MR) is 38.2 cm³/mol. The summed E-state index contributed by atoms with van der Waals surface area (Å²) >= 11 is 3.52. The van der Waals surface area contributed by atoms with E-state index in [1.54, 1.807) is 0 Å². The highest BCUT2D eigenvalue weighted by Crippen LogP contribution is 2.05. The highest BCUT2D eigenvalue weighted by molar-refractivity contribution is 9.09. The molecule has 2 nitrogen and oxygen atoms in total. The molecule has 0 aliphatic carbocycles. The van der Waals surface area contributed by atoms with Gasteiger partial charge in [-0.2, -0.15) is 0 Å². The number of likely N-dealkylation sites (N-methyl/N-ethyl adjacent to an activating group) is 1. The van der Waals surface area contributed by atoms with Crippen LogP contribution >= 0.6 is 15.9 Å². The van der Waals surface area contributed by atoms with Crippen LogP contribution in [0.25, 0.3) is 0 Å². The second kappa shape index (κ2) is 2.80. The minimum Gasteiger partial charge on any atom is -0.313 e. The van der Waals surface area contributed by atoms with Crippen LogP contribution in [0.5, 0.6) is 0 Å². The molecule has 0 aromatic carbocycles. The average Bonchev–Trinajstić information content (AvgIpc) is 1.77. The van der Waals surface area contributed by atoms with Gasteiger partial charge in [-0.05, 0) is 7.05 Å². The zero-order chi connectivity index (χ0) is 5.98. The third-order valence-corrected chi connectivity index (χ3v) is 2.46. The van der Waals surface area contributed by atoms with Crippen LogP contribution in [0.2, 0.25) is 0 Å². The lowest BCUT2D eigenvalue weighted by molar-refractivity contribution is 0.271. The highest BCUT2D eigenvalue weighted by atomic mass is 79.9. The molecule has 0 aromatic heterocycles. The maximum atomic E-state index is 3.52. The molecule has 1 aliphatic heterocycles. The molecule has 0 saturated carbocycles. The Morgan fingerprint density at radius 1 is 1.75 bits per heavy atom. The number of nitrogens with one attached hydrogen (secondary N) is 1. The molecule has 3 heteroatoms. The molecule has 1 atom stereocenters. The molecule has 1 unspecified atom stereocenters. The summed E-state index contributed by atoms with van der Waals surface area (Å²) < 4.78 is 0. The zero-order valence-corrected chi connectivity index (χ0v) is 6.61. The van der Waals surface area contributed by atoms with Crippen molar-refractivity contribution in [3.8, 4) is 0 Å². The SMILES string of the molecule is CN1CCNCC1Br. The van der Waals surface area contributed by atoms with E-state index in [1.165, 1.54) is 0 Å². The quantitative estimate of drug-likeness (QED) is 0.423. The Labute approximate surface area is 58.4 Å². The van der Waals surface area contributed by atoms with E-state index in [1.807, 2.05) is 0 Å². The summed E-state index contributed by atoms with van der Waals surface area (Å²) in [6.45, 7) is 3.34. The largest absolute Gasteiger partial charge is 0.313 e. The summed E-state index contributed by atoms with van der Waals surface area (Å²) in [4.78, 5) is 2.83. The molecule has 1 saturated heterocycles. The molecule has 0 spiro atoms. The van der Waals surface area contributed by atoms with E-state index in [0.29, 0.717) is 4.95 Å². The smallest absolute Gasteiger partial charge is 0.0779 e. The Bertz CT molecular complexity index is 66.8. The van der Waals surface area contributed by atoms with E-state index < -0.39 is 0 Å². The van der Waals surface area contributed by atoms with Gasteiger partial charge in [0, 0.05) is 19.6 Å². The van der Waals surface area contributed by atoms with Gasteiger partial charge in [0.2, 0.25) is 0 Å². The molecular formula is C5H11BrN2. The van der Waals surface area contributed by atoms with E-state index in [4.69, 9.17) is 0 Å². The molecule has 1 rings (SSSR count). The van der Waals surface area contributed by atoms with Crippen molar-refractivity contribution >= 4 is 15.9 Å². The van der Waals surface area contributed by atoms with E-state index >= 15 is 0 Å². The molecule has 0 aromatic rings. The summed E-state index contributed by atoms with van der Waals surface area (Å²) in [7, 11) is 2.13. The van der Waals surface area contributed by atoms with Gasteiger partial charge in [-0.25, -0.2) is 0 Å². The first-order chi connectivity index (χ1) is 3.80. The Morgan fingerprint density at radius 2 is 2.50 bits per heavy atom. The van der Waals surface area contributed by atoms with E-state index in [-0.39, 0.29) is 0 Å². The van der Waals surface area contributed by atoms with Crippen molar-refractivity contribution in [1.29, 1.82) is 0 Å². The van der Waals surface area contributed by atoms with Crippen LogP contribution in [-0.2, 0) is 0 Å².